The zero-order chi connectivity index (χ0) is 7.84. The second kappa shape index (κ2) is 2.78. The number of rotatable bonds is 1. The Morgan fingerprint density at radius 3 is 2.64 bits per heavy atom. The highest BCUT2D eigenvalue weighted by Gasteiger charge is 2.38. The Morgan fingerprint density at radius 1 is 1.18 bits per heavy atom. The standard InChI is InChI=1S/C10H18O/c1-7(2)10-4-8-3-9(10)6-11-5-8/h7-10H,3-6H2,1-2H3. The fraction of sp³-hybridized carbons (Fsp3) is 1.00. The van der Waals surface area contributed by atoms with E-state index in [4.69, 9.17) is 4.74 Å². The summed E-state index contributed by atoms with van der Waals surface area (Å²) in [5.74, 6) is 3.63. The van der Waals surface area contributed by atoms with Crippen LogP contribution >= 0.6 is 0 Å². The van der Waals surface area contributed by atoms with Crippen molar-refractivity contribution in [1.29, 1.82) is 0 Å². The van der Waals surface area contributed by atoms with Gasteiger partial charge in [0.25, 0.3) is 0 Å². The molecule has 1 saturated carbocycles. The predicted molar refractivity (Wildman–Crippen MR) is 45.4 cm³/mol. The third-order valence-electron chi connectivity index (χ3n) is 3.39. The molecule has 1 heterocycles. The summed E-state index contributed by atoms with van der Waals surface area (Å²) in [5.41, 5.74) is 0. The van der Waals surface area contributed by atoms with Crippen molar-refractivity contribution >= 4 is 0 Å². The summed E-state index contributed by atoms with van der Waals surface area (Å²) >= 11 is 0. The van der Waals surface area contributed by atoms with Gasteiger partial charge in [-0.2, -0.15) is 0 Å². The molecule has 3 atom stereocenters. The Labute approximate surface area is 69.1 Å². The van der Waals surface area contributed by atoms with Crippen molar-refractivity contribution in [3.8, 4) is 0 Å². The van der Waals surface area contributed by atoms with Crippen molar-refractivity contribution < 1.29 is 4.74 Å². The predicted octanol–water partition coefficient (Wildman–Crippen LogP) is 2.32. The Balaban J connectivity index is 2.03. The molecular weight excluding hydrogens is 136 g/mol. The number of ether oxygens (including phenoxy) is 1. The summed E-state index contributed by atoms with van der Waals surface area (Å²) in [7, 11) is 0. The van der Waals surface area contributed by atoms with Crippen LogP contribution in [0.2, 0.25) is 0 Å². The topological polar surface area (TPSA) is 9.23 Å². The highest BCUT2D eigenvalue weighted by atomic mass is 16.5. The van der Waals surface area contributed by atoms with E-state index in [0.717, 1.165) is 36.9 Å². The lowest BCUT2D eigenvalue weighted by atomic mass is 9.87. The van der Waals surface area contributed by atoms with E-state index in [-0.39, 0.29) is 0 Å². The fourth-order valence-electron chi connectivity index (χ4n) is 2.81. The van der Waals surface area contributed by atoms with Gasteiger partial charge >= 0.3 is 0 Å². The molecule has 1 aliphatic heterocycles. The van der Waals surface area contributed by atoms with Gasteiger partial charge in [-0.25, -0.2) is 0 Å². The molecule has 1 nitrogen and oxygen atoms in total. The Hall–Kier alpha value is -0.0400. The van der Waals surface area contributed by atoms with Crippen LogP contribution in [0.15, 0.2) is 0 Å². The number of hydrogen-bond acceptors (Lipinski definition) is 1. The maximum absolute atomic E-state index is 5.54. The first-order chi connectivity index (χ1) is 5.27. The van der Waals surface area contributed by atoms with Crippen LogP contribution in [0.4, 0.5) is 0 Å². The molecule has 0 radical (unpaired) electrons. The van der Waals surface area contributed by atoms with E-state index in [2.05, 4.69) is 13.8 Å². The average molecular weight is 154 g/mol. The van der Waals surface area contributed by atoms with E-state index in [1.165, 1.54) is 12.8 Å². The molecule has 0 spiro atoms. The molecule has 2 fully saturated rings. The van der Waals surface area contributed by atoms with E-state index in [0.29, 0.717) is 0 Å². The number of fused-ring (bicyclic) bond motifs is 2. The first kappa shape index (κ1) is 7.60. The van der Waals surface area contributed by atoms with Gasteiger partial charge in [-0.3, -0.25) is 0 Å². The third-order valence-corrected chi connectivity index (χ3v) is 3.39. The molecule has 64 valence electrons. The molecule has 0 aromatic carbocycles. The van der Waals surface area contributed by atoms with Gasteiger partial charge in [0.1, 0.15) is 0 Å². The normalized spacial score (nSPS) is 43.4. The van der Waals surface area contributed by atoms with Gasteiger partial charge in [0.15, 0.2) is 0 Å². The molecule has 2 aliphatic rings. The van der Waals surface area contributed by atoms with E-state index < -0.39 is 0 Å². The highest BCUT2D eigenvalue weighted by Crippen LogP contribution is 2.43. The average Bonchev–Trinajstić information content (AvgIpc) is 2.27. The van der Waals surface area contributed by atoms with Gasteiger partial charge in [-0.05, 0) is 36.5 Å². The largest absolute Gasteiger partial charge is 0.381 e. The SMILES string of the molecule is CC(C)C1CC2COCC1C2. The molecule has 2 bridgehead atoms. The van der Waals surface area contributed by atoms with Gasteiger partial charge in [0.05, 0.1) is 0 Å². The minimum absolute atomic E-state index is 0.867. The summed E-state index contributed by atoms with van der Waals surface area (Å²) in [5, 5.41) is 0. The zero-order valence-electron chi connectivity index (χ0n) is 7.55. The quantitative estimate of drug-likeness (QED) is 0.563. The molecule has 0 N–H and O–H groups in total. The summed E-state index contributed by atoms with van der Waals surface area (Å²) in [6.07, 6.45) is 2.88. The van der Waals surface area contributed by atoms with Crippen LogP contribution in [-0.2, 0) is 4.74 Å². The van der Waals surface area contributed by atoms with Crippen molar-refractivity contribution in [1.82, 2.24) is 0 Å². The lowest BCUT2D eigenvalue weighted by Gasteiger charge is -2.23. The minimum atomic E-state index is 0.867. The molecule has 0 aromatic rings. The van der Waals surface area contributed by atoms with Crippen LogP contribution in [0.5, 0.6) is 0 Å². The van der Waals surface area contributed by atoms with Gasteiger partial charge in [-0.1, -0.05) is 13.8 Å². The minimum Gasteiger partial charge on any atom is -0.381 e. The van der Waals surface area contributed by atoms with E-state index >= 15 is 0 Å². The highest BCUT2D eigenvalue weighted by molar-refractivity contribution is 4.87. The number of hydrogen-bond donors (Lipinski definition) is 0. The van der Waals surface area contributed by atoms with E-state index in [1.54, 1.807) is 0 Å². The van der Waals surface area contributed by atoms with Crippen LogP contribution in [-0.4, -0.2) is 13.2 Å². The Morgan fingerprint density at radius 2 is 2.00 bits per heavy atom. The van der Waals surface area contributed by atoms with Crippen LogP contribution in [0.3, 0.4) is 0 Å². The van der Waals surface area contributed by atoms with Crippen molar-refractivity contribution in [2.75, 3.05) is 13.2 Å². The molecular formula is C10H18O. The van der Waals surface area contributed by atoms with Gasteiger partial charge in [0.2, 0.25) is 0 Å². The molecule has 1 aliphatic carbocycles. The second-order valence-corrected chi connectivity index (χ2v) is 4.54. The van der Waals surface area contributed by atoms with Crippen molar-refractivity contribution in [3.63, 3.8) is 0 Å². The lowest BCUT2D eigenvalue weighted by molar-refractivity contribution is 0.0385. The van der Waals surface area contributed by atoms with E-state index in [9.17, 15) is 0 Å². The first-order valence-corrected chi connectivity index (χ1v) is 4.85. The smallest absolute Gasteiger partial charge is 0.0497 e. The Bertz CT molecular complexity index is 142. The van der Waals surface area contributed by atoms with Crippen LogP contribution in [0.25, 0.3) is 0 Å². The zero-order valence-corrected chi connectivity index (χ0v) is 7.55. The molecule has 2 rings (SSSR count). The molecule has 11 heavy (non-hydrogen) atoms. The second-order valence-electron chi connectivity index (χ2n) is 4.54. The van der Waals surface area contributed by atoms with Crippen molar-refractivity contribution in [2.45, 2.75) is 26.7 Å². The summed E-state index contributed by atoms with van der Waals surface area (Å²) in [6, 6.07) is 0. The van der Waals surface area contributed by atoms with Gasteiger partial charge < -0.3 is 4.74 Å². The van der Waals surface area contributed by atoms with Crippen molar-refractivity contribution in [3.05, 3.63) is 0 Å². The molecule has 1 heteroatoms. The van der Waals surface area contributed by atoms with Gasteiger partial charge in [0, 0.05) is 13.2 Å². The van der Waals surface area contributed by atoms with Crippen LogP contribution < -0.4 is 0 Å². The van der Waals surface area contributed by atoms with Gasteiger partial charge in [-0.15, -0.1) is 0 Å². The lowest BCUT2D eigenvalue weighted by Crippen LogP contribution is -2.21. The molecule has 1 saturated heterocycles. The fourth-order valence-corrected chi connectivity index (χ4v) is 2.81. The third kappa shape index (κ3) is 1.31. The van der Waals surface area contributed by atoms with Crippen LogP contribution in [0.1, 0.15) is 26.7 Å². The molecule has 3 unspecified atom stereocenters. The van der Waals surface area contributed by atoms with Crippen molar-refractivity contribution in [2.24, 2.45) is 23.7 Å². The van der Waals surface area contributed by atoms with Crippen LogP contribution in [0, 0.1) is 23.7 Å². The summed E-state index contributed by atoms with van der Waals surface area (Å²) in [4.78, 5) is 0. The first-order valence-electron chi connectivity index (χ1n) is 4.85. The monoisotopic (exact) mass is 154 g/mol. The molecule has 0 aromatic heterocycles. The maximum Gasteiger partial charge on any atom is 0.0497 e. The summed E-state index contributed by atoms with van der Waals surface area (Å²) in [6.45, 7) is 6.79. The molecule has 0 amide bonds. The maximum atomic E-state index is 5.54. The summed E-state index contributed by atoms with van der Waals surface area (Å²) < 4.78 is 5.54. The van der Waals surface area contributed by atoms with E-state index in [1.807, 2.05) is 0 Å². The Kier molecular flexibility index (Phi) is 1.92.